The van der Waals surface area contributed by atoms with Gasteiger partial charge in [-0.2, -0.15) is 0 Å². The van der Waals surface area contributed by atoms with Gasteiger partial charge in [0.05, 0.1) is 6.61 Å². The van der Waals surface area contributed by atoms with Gasteiger partial charge in [-0.1, -0.05) is 134 Å². The molecule has 0 saturated heterocycles. The number of allylic oxidation sites excluding steroid dienone is 6. The van der Waals surface area contributed by atoms with Crippen LogP contribution in [0.4, 0.5) is 0 Å². The van der Waals surface area contributed by atoms with Crippen LogP contribution in [0, 0.1) is 0 Å². The fraction of sp³-hybridized carbons (Fsp3) is 0.795. The Balaban J connectivity index is 4.01. The van der Waals surface area contributed by atoms with Crippen LogP contribution >= 0.6 is 7.82 Å². The SMILES string of the molecule is CCCCC/C=C/C/C=C/CCCCCCCC(=O)OC[C@H](COP(=O)(O)O)OC(=O)CCCC/C=C/CCCCCCCCCCC. The first-order valence-corrected chi connectivity index (χ1v) is 20.8. The van der Waals surface area contributed by atoms with Crippen LogP contribution in [0.25, 0.3) is 0 Å². The number of unbranched alkanes of at least 4 members (excludes halogenated alkanes) is 19. The lowest BCUT2D eigenvalue weighted by atomic mass is 10.1. The molecule has 0 spiro atoms. The standard InChI is InChI=1S/C39H71O8P/c1-3-5-7-9-11-13-15-17-19-21-23-25-27-29-31-33-38(40)45-35-37(36-46-48(42,43)44)47-39(41)34-32-30-28-26-24-22-20-18-16-14-12-10-8-6-4-2/h11,13,17,19,24,26,37H,3-10,12,14-16,18,20-23,25,27-36H2,1-2H3,(H2,42,43,44)/b13-11+,19-17+,26-24+/t37-/m1/s1. The molecule has 9 heteroatoms. The normalized spacial score (nSPS) is 12.8. The predicted molar refractivity (Wildman–Crippen MR) is 198 cm³/mol. The molecule has 0 amide bonds. The van der Waals surface area contributed by atoms with Gasteiger partial charge >= 0.3 is 19.8 Å². The zero-order valence-corrected chi connectivity index (χ0v) is 31.5. The van der Waals surface area contributed by atoms with E-state index in [2.05, 4.69) is 54.8 Å². The maximum Gasteiger partial charge on any atom is 0.469 e. The molecule has 280 valence electrons. The quantitative estimate of drug-likeness (QED) is 0.0290. The molecule has 0 aromatic carbocycles. The van der Waals surface area contributed by atoms with E-state index in [1.54, 1.807) is 0 Å². The Kier molecular flexibility index (Phi) is 33.8. The van der Waals surface area contributed by atoms with E-state index >= 15 is 0 Å². The average Bonchev–Trinajstić information content (AvgIpc) is 3.05. The summed E-state index contributed by atoms with van der Waals surface area (Å²) in [6.45, 7) is 3.62. The van der Waals surface area contributed by atoms with Crippen LogP contribution in [0.5, 0.6) is 0 Å². The number of esters is 2. The summed E-state index contributed by atoms with van der Waals surface area (Å²) in [7, 11) is -4.76. The number of hydrogen-bond donors (Lipinski definition) is 2. The van der Waals surface area contributed by atoms with Crippen LogP contribution in [0.1, 0.15) is 181 Å². The Morgan fingerprint density at radius 2 is 0.938 bits per heavy atom. The molecule has 0 aliphatic rings. The van der Waals surface area contributed by atoms with Gasteiger partial charge in [-0.3, -0.25) is 14.1 Å². The van der Waals surface area contributed by atoms with Crippen LogP contribution in [-0.2, 0) is 28.2 Å². The summed E-state index contributed by atoms with van der Waals surface area (Å²) in [4.78, 5) is 42.7. The molecular formula is C39H71O8P. The van der Waals surface area contributed by atoms with E-state index in [1.165, 1.54) is 83.5 Å². The molecule has 2 N–H and O–H groups in total. The van der Waals surface area contributed by atoms with Gasteiger partial charge in [-0.25, -0.2) is 4.57 Å². The number of phosphoric ester groups is 1. The van der Waals surface area contributed by atoms with Gasteiger partial charge in [-0.15, -0.1) is 0 Å². The first-order valence-electron chi connectivity index (χ1n) is 19.3. The van der Waals surface area contributed by atoms with Crippen molar-refractivity contribution in [1.29, 1.82) is 0 Å². The predicted octanol–water partition coefficient (Wildman–Crippen LogP) is 11.4. The smallest absolute Gasteiger partial charge is 0.462 e. The van der Waals surface area contributed by atoms with E-state index in [4.69, 9.17) is 19.3 Å². The van der Waals surface area contributed by atoms with Gasteiger partial charge in [0.2, 0.25) is 0 Å². The second kappa shape index (κ2) is 35.1. The Morgan fingerprint density at radius 1 is 0.542 bits per heavy atom. The highest BCUT2D eigenvalue weighted by atomic mass is 31.2. The van der Waals surface area contributed by atoms with Crippen molar-refractivity contribution in [2.24, 2.45) is 0 Å². The Bertz CT molecular complexity index is 879. The number of ether oxygens (including phenoxy) is 2. The zero-order chi connectivity index (χ0) is 35.4. The number of hydrogen-bond acceptors (Lipinski definition) is 6. The molecule has 8 nitrogen and oxygen atoms in total. The Hall–Kier alpha value is -1.73. The van der Waals surface area contributed by atoms with Crippen LogP contribution in [-0.4, -0.2) is 41.0 Å². The van der Waals surface area contributed by atoms with Crippen molar-refractivity contribution in [3.05, 3.63) is 36.5 Å². The fourth-order valence-electron chi connectivity index (χ4n) is 5.22. The van der Waals surface area contributed by atoms with Crippen molar-refractivity contribution >= 4 is 19.8 Å². The fourth-order valence-corrected chi connectivity index (χ4v) is 5.58. The van der Waals surface area contributed by atoms with Crippen LogP contribution in [0.2, 0.25) is 0 Å². The third-order valence-corrected chi connectivity index (χ3v) is 8.62. The third kappa shape index (κ3) is 37.1. The highest BCUT2D eigenvalue weighted by molar-refractivity contribution is 7.46. The number of carbonyl (C=O) groups excluding carboxylic acids is 2. The largest absolute Gasteiger partial charge is 0.469 e. The molecule has 0 bridgehead atoms. The Labute approximate surface area is 293 Å². The van der Waals surface area contributed by atoms with E-state index in [-0.39, 0.29) is 19.4 Å². The summed E-state index contributed by atoms with van der Waals surface area (Å²) in [6.07, 6.45) is 40.1. The summed E-state index contributed by atoms with van der Waals surface area (Å²) in [5.74, 6) is -0.926. The molecule has 0 aliphatic carbocycles. The highest BCUT2D eigenvalue weighted by Gasteiger charge is 2.22. The first kappa shape index (κ1) is 46.3. The van der Waals surface area contributed by atoms with Crippen molar-refractivity contribution in [2.75, 3.05) is 13.2 Å². The van der Waals surface area contributed by atoms with Crippen LogP contribution in [0.15, 0.2) is 36.5 Å². The summed E-state index contributed by atoms with van der Waals surface area (Å²) in [6, 6.07) is 0. The average molecular weight is 699 g/mol. The van der Waals surface area contributed by atoms with Gasteiger partial charge < -0.3 is 19.3 Å². The molecule has 0 unspecified atom stereocenters. The molecule has 0 aliphatic heterocycles. The minimum absolute atomic E-state index is 0.179. The van der Waals surface area contributed by atoms with Crippen LogP contribution < -0.4 is 0 Å². The van der Waals surface area contributed by atoms with E-state index in [0.717, 1.165) is 57.8 Å². The monoisotopic (exact) mass is 698 g/mol. The minimum atomic E-state index is -4.76. The summed E-state index contributed by atoms with van der Waals surface area (Å²) in [5, 5.41) is 0. The minimum Gasteiger partial charge on any atom is -0.462 e. The van der Waals surface area contributed by atoms with Crippen molar-refractivity contribution < 1.29 is 37.9 Å². The van der Waals surface area contributed by atoms with Gasteiger partial charge in [0.1, 0.15) is 6.61 Å². The van der Waals surface area contributed by atoms with Gasteiger partial charge in [0.15, 0.2) is 6.10 Å². The molecule has 0 saturated carbocycles. The molecule has 0 heterocycles. The summed E-state index contributed by atoms with van der Waals surface area (Å²) >= 11 is 0. The molecule has 0 radical (unpaired) electrons. The number of phosphoric acid groups is 1. The van der Waals surface area contributed by atoms with Crippen molar-refractivity contribution in [3.8, 4) is 0 Å². The van der Waals surface area contributed by atoms with Crippen molar-refractivity contribution in [3.63, 3.8) is 0 Å². The second-order valence-corrected chi connectivity index (χ2v) is 14.1. The Morgan fingerprint density at radius 3 is 1.48 bits per heavy atom. The second-order valence-electron chi connectivity index (χ2n) is 12.9. The molecule has 1 atom stereocenters. The molecule has 48 heavy (non-hydrogen) atoms. The highest BCUT2D eigenvalue weighted by Crippen LogP contribution is 2.36. The van der Waals surface area contributed by atoms with Gasteiger partial charge in [-0.05, 0) is 70.6 Å². The van der Waals surface area contributed by atoms with E-state index in [1.807, 2.05) is 0 Å². The van der Waals surface area contributed by atoms with Gasteiger partial charge in [0.25, 0.3) is 0 Å². The van der Waals surface area contributed by atoms with E-state index < -0.39 is 32.5 Å². The molecule has 0 aromatic rings. The molecule has 0 rings (SSSR count). The maximum atomic E-state index is 12.3. The summed E-state index contributed by atoms with van der Waals surface area (Å²) in [5.41, 5.74) is 0. The molecule has 0 fully saturated rings. The summed E-state index contributed by atoms with van der Waals surface area (Å²) < 4.78 is 26.3. The topological polar surface area (TPSA) is 119 Å². The van der Waals surface area contributed by atoms with Crippen LogP contribution in [0.3, 0.4) is 0 Å². The number of carbonyl (C=O) groups is 2. The van der Waals surface area contributed by atoms with Crippen molar-refractivity contribution in [2.45, 2.75) is 187 Å². The lowest BCUT2D eigenvalue weighted by Gasteiger charge is -2.18. The number of rotatable bonds is 35. The van der Waals surface area contributed by atoms with Crippen molar-refractivity contribution in [1.82, 2.24) is 0 Å². The lowest BCUT2D eigenvalue weighted by molar-refractivity contribution is -0.161. The zero-order valence-electron chi connectivity index (χ0n) is 30.6. The maximum absolute atomic E-state index is 12.3. The lowest BCUT2D eigenvalue weighted by Crippen LogP contribution is -2.29. The third-order valence-electron chi connectivity index (χ3n) is 8.13. The molecular weight excluding hydrogens is 627 g/mol. The first-order chi connectivity index (χ1) is 23.3. The van der Waals surface area contributed by atoms with E-state index in [9.17, 15) is 14.2 Å². The molecule has 0 aromatic heterocycles. The van der Waals surface area contributed by atoms with Gasteiger partial charge in [0, 0.05) is 12.8 Å². The van der Waals surface area contributed by atoms with E-state index in [0.29, 0.717) is 12.8 Å².